The summed E-state index contributed by atoms with van der Waals surface area (Å²) in [5, 5.41) is 9.48. The van der Waals surface area contributed by atoms with Gasteiger partial charge in [-0.3, -0.25) is 0 Å². The Kier molecular flexibility index (Phi) is 8.28. The van der Waals surface area contributed by atoms with E-state index in [-0.39, 0.29) is 30.3 Å². The van der Waals surface area contributed by atoms with Crippen molar-refractivity contribution in [2.75, 3.05) is 10.9 Å². The highest BCUT2D eigenvalue weighted by Gasteiger charge is 2.05. The lowest BCUT2D eigenvalue weighted by atomic mass is 10.2. The van der Waals surface area contributed by atoms with Crippen LogP contribution in [-0.2, 0) is 0 Å². The number of nitrogens with one attached hydrogen (secondary N) is 2. The average molecular weight is 281 g/mol. The molecule has 8 N–H and O–H groups in total. The summed E-state index contributed by atoms with van der Waals surface area (Å²) in [5.41, 5.74) is 4.96. The Labute approximate surface area is 110 Å². The maximum Gasteiger partial charge on any atom is 0.170 e. The van der Waals surface area contributed by atoms with Crippen molar-refractivity contribution in [3.63, 3.8) is 0 Å². The van der Waals surface area contributed by atoms with Crippen molar-refractivity contribution in [1.29, 1.82) is 0 Å². The molecule has 0 aliphatic heterocycles. The van der Waals surface area contributed by atoms with Gasteiger partial charge < -0.3 is 16.3 Å². The van der Waals surface area contributed by atoms with Gasteiger partial charge in [-0.15, -0.1) is 35.0 Å². The molecule has 0 fully saturated rings. The highest BCUT2D eigenvalue weighted by Crippen LogP contribution is 2.24. The Morgan fingerprint density at radius 2 is 1.18 bits per heavy atom. The number of fused-ring (bicyclic) bond motifs is 1. The number of nitrogens with zero attached hydrogens (tertiary/aromatic N) is 2. The van der Waals surface area contributed by atoms with E-state index in [0.29, 0.717) is 11.6 Å². The first-order chi connectivity index (χ1) is 6.86. The van der Waals surface area contributed by atoms with Crippen LogP contribution in [0, 0.1) is 0 Å². The quantitative estimate of drug-likeness (QED) is 0.459. The van der Waals surface area contributed by atoms with Gasteiger partial charge in [-0.1, -0.05) is 24.3 Å². The molecule has 1 heterocycles. The Bertz CT molecular complexity index is 426. The average Bonchev–Trinajstić information content (AvgIpc) is 2.27. The monoisotopic (exact) mass is 280 g/mol. The molecule has 2 rings (SSSR count). The number of hydrogen-bond acceptors (Lipinski definition) is 6. The van der Waals surface area contributed by atoms with Gasteiger partial charge in [0, 0.05) is 10.8 Å². The molecule has 0 aliphatic carbocycles. The van der Waals surface area contributed by atoms with Crippen LogP contribution in [0.2, 0.25) is 0 Å². The first-order valence-electron chi connectivity index (χ1n) is 4.05. The third-order valence-electron chi connectivity index (χ3n) is 1.96. The normalized spacial score (nSPS) is 8.35. The molecular weight excluding hydrogens is 267 g/mol. The largest absolute Gasteiger partial charge is 0.412 e. The van der Waals surface area contributed by atoms with Crippen molar-refractivity contribution in [2.24, 2.45) is 11.7 Å². The zero-order valence-electron chi connectivity index (χ0n) is 8.68. The highest BCUT2D eigenvalue weighted by molar-refractivity contribution is 5.97. The van der Waals surface area contributed by atoms with E-state index in [1.165, 1.54) is 0 Å². The number of nitrogen functional groups attached to an aromatic ring is 2. The highest BCUT2D eigenvalue weighted by atomic mass is 35.5. The number of benzene rings is 1. The SMILES string of the molecule is Cl.Cl.NNc1nnc(NN)c2ccccc12.O. The van der Waals surface area contributed by atoms with E-state index in [0.717, 1.165) is 10.8 Å². The third kappa shape index (κ3) is 3.29. The molecule has 0 bridgehead atoms. The molecule has 1 aromatic carbocycles. The van der Waals surface area contributed by atoms with E-state index < -0.39 is 0 Å². The Balaban J connectivity index is 0. The molecule has 7 nitrogen and oxygen atoms in total. The fraction of sp³-hybridized carbons (Fsp3) is 0. The van der Waals surface area contributed by atoms with Gasteiger partial charge in [0.05, 0.1) is 0 Å². The first-order valence-corrected chi connectivity index (χ1v) is 4.05. The minimum atomic E-state index is 0. The lowest BCUT2D eigenvalue weighted by Crippen LogP contribution is -2.13. The fourth-order valence-electron chi connectivity index (χ4n) is 1.32. The molecule has 0 spiro atoms. The lowest BCUT2D eigenvalue weighted by molar-refractivity contribution is 0.824. The van der Waals surface area contributed by atoms with E-state index in [2.05, 4.69) is 21.0 Å². The minimum Gasteiger partial charge on any atom is -0.412 e. The first kappa shape index (κ1) is 18.0. The van der Waals surface area contributed by atoms with Crippen LogP contribution in [0.4, 0.5) is 11.6 Å². The van der Waals surface area contributed by atoms with Gasteiger partial charge in [-0.25, -0.2) is 11.7 Å². The number of halogens is 2. The maximum absolute atomic E-state index is 5.30. The summed E-state index contributed by atoms with van der Waals surface area (Å²) in [7, 11) is 0. The summed E-state index contributed by atoms with van der Waals surface area (Å²) < 4.78 is 0. The van der Waals surface area contributed by atoms with Crippen molar-refractivity contribution in [1.82, 2.24) is 10.2 Å². The van der Waals surface area contributed by atoms with Crippen molar-refractivity contribution < 1.29 is 5.48 Å². The molecule has 0 saturated heterocycles. The van der Waals surface area contributed by atoms with Gasteiger partial charge in [0.25, 0.3) is 0 Å². The zero-order valence-corrected chi connectivity index (χ0v) is 10.3. The van der Waals surface area contributed by atoms with Crippen molar-refractivity contribution in [2.45, 2.75) is 0 Å². The predicted molar refractivity (Wildman–Crippen MR) is 73.3 cm³/mol. The molecule has 0 saturated carbocycles. The van der Waals surface area contributed by atoms with Crippen molar-refractivity contribution in [3.05, 3.63) is 24.3 Å². The summed E-state index contributed by atoms with van der Waals surface area (Å²) in [6, 6.07) is 7.57. The van der Waals surface area contributed by atoms with E-state index in [9.17, 15) is 0 Å². The second-order valence-electron chi connectivity index (χ2n) is 2.73. The maximum atomic E-state index is 5.30. The summed E-state index contributed by atoms with van der Waals surface area (Å²) >= 11 is 0. The van der Waals surface area contributed by atoms with Gasteiger partial charge in [-0.2, -0.15) is 0 Å². The number of hydrogen-bond donors (Lipinski definition) is 4. The van der Waals surface area contributed by atoms with E-state index in [1.54, 1.807) is 0 Å². The molecule has 0 amide bonds. The topological polar surface area (TPSA) is 133 Å². The Hall–Kier alpha value is -1.38. The lowest BCUT2D eigenvalue weighted by Gasteiger charge is -2.06. The minimum absolute atomic E-state index is 0. The molecule has 96 valence electrons. The van der Waals surface area contributed by atoms with Gasteiger partial charge in [0.2, 0.25) is 0 Å². The van der Waals surface area contributed by atoms with Crippen LogP contribution in [0.1, 0.15) is 0 Å². The molecule has 0 aliphatic rings. The molecule has 9 heteroatoms. The molecule has 0 radical (unpaired) electrons. The van der Waals surface area contributed by atoms with Crippen LogP contribution >= 0.6 is 24.8 Å². The van der Waals surface area contributed by atoms with Gasteiger partial charge in [0.15, 0.2) is 11.6 Å². The van der Waals surface area contributed by atoms with Crippen molar-refractivity contribution in [3.8, 4) is 0 Å². The number of rotatable bonds is 2. The second kappa shape index (κ2) is 7.82. The molecule has 1 aromatic heterocycles. The Morgan fingerprint density at radius 3 is 1.47 bits per heavy atom. The number of hydrazine groups is 2. The summed E-state index contributed by atoms with van der Waals surface area (Å²) in [5.74, 6) is 11.7. The number of aromatic nitrogens is 2. The summed E-state index contributed by atoms with van der Waals surface area (Å²) in [6.07, 6.45) is 0. The van der Waals surface area contributed by atoms with E-state index in [4.69, 9.17) is 11.7 Å². The molecule has 17 heavy (non-hydrogen) atoms. The second-order valence-corrected chi connectivity index (χ2v) is 2.73. The van der Waals surface area contributed by atoms with Gasteiger partial charge in [-0.05, 0) is 0 Å². The van der Waals surface area contributed by atoms with Crippen LogP contribution in [0.3, 0.4) is 0 Å². The van der Waals surface area contributed by atoms with E-state index >= 15 is 0 Å². The standard InChI is InChI=1S/C8H10N6.2ClH.H2O/c9-11-7-5-3-1-2-4-6(5)8(12-10)14-13-7;;;/h1-4H,9-10H2,(H,11,13)(H,12,14);2*1H;1H2. The van der Waals surface area contributed by atoms with Crippen molar-refractivity contribution >= 4 is 47.2 Å². The summed E-state index contributed by atoms with van der Waals surface area (Å²) in [6.45, 7) is 0. The predicted octanol–water partition coefficient (Wildman–Crippen LogP) is 0.220. The molecule has 0 atom stereocenters. The molecular formula is C8H14Cl2N6O. The molecule has 2 aromatic rings. The number of nitrogens with two attached hydrogens (primary N) is 2. The van der Waals surface area contributed by atoms with Crippen LogP contribution < -0.4 is 22.5 Å². The van der Waals surface area contributed by atoms with Crippen LogP contribution in [0.5, 0.6) is 0 Å². The van der Waals surface area contributed by atoms with Crippen LogP contribution in [0.15, 0.2) is 24.3 Å². The zero-order chi connectivity index (χ0) is 9.97. The van der Waals surface area contributed by atoms with Crippen LogP contribution in [0.25, 0.3) is 10.8 Å². The molecule has 0 unspecified atom stereocenters. The fourth-order valence-corrected chi connectivity index (χ4v) is 1.32. The third-order valence-corrected chi connectivity index (χ3v) is 1.96. The summed E-state index contributed by atoms with van der Waals surface area (Å²) in [4.78, 5) is 0. The number of anilines is 2. The Morgan fingerprint density at radius 1 is 0.824 bits per heavy atom. The van der Waals surface area contributed by atoms with E-state index in [1.807, 2.05) is 24.3 Å². The van der Waals surface area contributed by atoms with Gasteiger partial charge >= 0.3 is 0 Å². The van der Waals surface area contributed by atoms with Crippen LogP contribution in [-0.4, -0.2) is 15.7 Å². The smallest absolute Gasteiger partial charge is 0.170 e. The van der Waals surface area contributed by atoms with Gasteiger partial charge in [0.1, 0.15) is 0 Å².